The van der Waals surface area contributed by atoms with Crippen LogP contribution >= 0.6 is 11.8 Å². The molecule has 1 heterocycles. The van der Waals surface area contributed by atoms with Crippen molar-refractivity contribution in [1.82, 2.24) is 15.0 Å². The highest BCUT2D eigenvalue weighted by molar-refractivity contribution is 7.99. The van der Waals surface area contributed by atoms with Crippen molar-refractivity contribution in [2.75, 3.05) is 5.75 Å². The first-order valence-electron chi connectivity index (χ1n) is 6.46. The molecule has 0 aliphatic heterocycles. The number of aliphatic hydroxyl groups is 1. The van der Waals surface area contributed by atoms with Crippen molar-refractivity contribution in [2.24, 2.45) is 0 Å². The second-order valence-corrected chi connectivity index (χ2v) is 5.66. The molecule has 0 aliphatic carbocycles. The largest absolute Gasteiger partial charge is 0.387 e. The second-order valence-electron chi connectivity index (χ2n) is 4.49. The van der Waals surface area contributed by atoms with Crippen molar-refractivity contribution < 1.29 is 5.11 Å². The van der Waals surface area contributed by atoms with Gasteiger partial charge in [-0.15, -0.1) is 16.9 Å². The van der Waals surface area contributed by atoms with Gasteiger partial charge in [-0.1, -0.05) is 29.8 Å². The van der Waals surface area contributed by atoms with Crippen LogP contribution < -0.4 is 0 Å². The number of hydrogen-bond acceptors (Lipinski definition) is 4. The van der Waals surface area contributed by atoms with Crippen molar-refractivity contribution in [1.29, 1.82) is 0 Å². The van der Waals surface area contributed by atoms with Crippen LogP contribution in [0.3, 0.4) is 0 Å². The van der Waals surface area contributed by atoms with Crippen LogP contribution in [0.2, 0.25) is 0 Å². The molecular formula is C14H19N3OS. The Hall–Kier alpha value is -1.33. The summed E-state index contributed by atoms with van der Waals surface area (Å²) in [6, 6.07) is 8.50. The SMILES string of the molecule is CCC(O)c1cn(CCSc2ccc(C)cc2)nn1. The Morgan fingerprint density at radius 3 is 2.74 bits per heavy atom. The topological polar surface area (TPSA) is 50.9 Å². The van der Waals surface area contributed by atoms with Crippen LogP contribution in [-0.4, -0.2) is 25.9 Å². The Balaban J connectivity index is 1.82. The van der Waals surface area contributed by atoms with E-state index >= 15 is 0 Å². The molecule has 0 saturated carbocycles. The maximum absolute atomic E-state index is 9.65. The number of rotatable bonds is 6. The minimum absolute atomic E-state index is 0.501. The third-order valence-electron chi connectivity index (χ3n) is 2.89. The van der Waals surface area contributed by atoms with E-state index in [0.29, 0.717) is 12.1 Å². The van der Waals surface area contributed by atoms with E-state index < -0.39 is 6.10 Å². The van der Waals surface area contributed by atoms with Crippen LogP contribution in [0.5, 0.6) is 0 Å². The summed E-state index contributed by atoms with van der Waals surface area (Å²) in [5.41, 5.74) is 1.93. The van der Waals surface area contributed by atoms with Gasteiger partial charge in [0, 0.05) is 10.6 Å². The number of benzene rings is 1. The summed E-state index contributed by atoms with van der Waals surface area (Å²) in [4.78, 5) is 1.26. The number of aryl methyl sites for hydroxylation is 2. The predicted molar refractivity (Wildman–Crippen MR) is 77.2 cm³/mol. The lowest BCUT2D eigenvalue weighted by Gasteiger charge is -2.02. The smallest absolute Gasteiger partial charge is 0.111 e. The van der Waals surface area contributed by atoms with E-state index in [4.69, 9.17) is 0 Å². The maximum atomic E-state index is 9.65. The molecular weight excluding hydrogens is 258 g/mol. The highest BCUT2D eigenvalue weighted by atomic mass is 32.2. The molecule has 4 nitrogen and oxygen atoms in total. The van der Waals surface area contributed by atoms with Crippen LogP contribution in [0.25, 0.3) is 0 Å². The molecule has 0 fully saturated rings. The van der Waals surface area contributed by atoms with E-state index in [-0.39, 0.29) is 0 Å². The number of thioether (sulfide) groups is 1. The van der Waals surface area contributed by atoms with Gasteiger partial charge in [-0.25, -0.2) is 0 Å². The fraction of sp³-hybridized carbons (Fsp3) is 0.429. The zero-order valence-electron chi connectivity index (χ0n) is 11.3. The lowest BCUT2D eigenvalue weighted by atomic mass is 10.2. The molecule has 1 unspecified atom stereocenters. The number of nitrogens with zero attached hydrogens (tertiary/aromatic N) is 3. The molecule has 0 saturated heterocycles. The lowest BCUT2D eigenvalue weighted by Crippen LogP contribution is -2.01. The van der Waals surface area contributed by atoms with Crippen LogP contribution in [0.4, 0.5) is 0 Å². The minimum Gasteiger partial charge on any atom is -0.387 e. The van der Waals surface area contributed by atoms with Gasteiger partial charge in [-0.3, -0.25) is 4.68 Å². The Labute approximate surface area is 117 Å². The predicted octanol–water partition coefficient (Wildman–Crippen LogP) is 2.82. The quantitative estimate of drug-likeness (QED) is 0.825. The molecule has 0 aliphatic rings. The molecule has 1 aromatic heterocycles. The third kappa shape index (κ3) is 4.08. The van der Waals surface area contributed by atoms with Crippen molar-refractivity contribution in [3.8, 4) is 0 Å². The molecule has 0 bridgehead atoms. The van der Waals surface area contributed by atoms with Crippen molar-refractivity contribution in [2.45, 2.75) is 37.8 Å². The minimum atomic E-state index is -0.501. The Morgan fingerprint density at radius 2 is 2.05 bits per heavy atom. The van der Waals surface area contributed by atoms with Gasteiger partial charge < -0.3 is 5.11 Å². The second kappa shape index (κ2) is 6.73. The number of aliphatic hydroxyl groups excluding tert-OH is 1. The van der Waals surface area contributed by atoms with Gasteiger partial charge >= 0.3 is 0 Å². The lowest BCUT2D eigenvalue weighted by molar-refractivity contribution is 0.168. The number of hydrogen-bond donors (Lipinski definition) is 1. The van der Waals surface area contributed by atoms with Gasteiger partial charge in [0.05, 0.1) is 18.8 Å². The number of aromatic nitrogens is 3. The van der Waals surface area contributed by atoms with Crippen LogP contribution in [0.15, 0.2) is 35.4 Å². The molecule has 2 aromatic rings. The van der Waals surface area contributed by atoms with Crippen molar-refractivity contribution in [3.05, 3.63) is 41.7 Å². The van der Waals surface area contributed by atoms with Crippen LogP contribution in [0.1, 0.15) is 30.7 Å². The van der Waals surface area contributed by atoms with Gasteiger partial charge in [-0.2, -0.15) is 0 Å². The fourth-order valence-electron chi connectivity index (χ4n) is 1.68. The first-order valence-corrected chi connectivity index (χ1v) is 7.45. The third-order valence-corrected chi connectivity index (χ3v) is 3.89. The van der Waals surface area contributed by atoms with Crippen molar-refractivity contribution >= 4 is 11.8 Å². The highest BCUT2D eigenvalue weighted by Crippen LogP contribution is 2.18. The van der Waals surface area contributed by atoms with E-state index in [1.165, 1.54) is 10.5 Å². The molecule has 0 radical (unpaired) electrons. The molecule has 19 heavy (non-hydrogen) atoms. The van der Waals surface area contributed by atoms with Gasteiger partial charge in [-0.05, 0) is 25.5 Å². The molecule has 1 aromatic carbocycles. The first kappa shape index (κ1) is 14.1. The van der Waals surface area contributed by atoms with E-state index in [9.17, 15) is 5.11 Å². The molecule has 1 atom stereocenters. The zero-order chi connectivity index (χ0) is 13.7. The summed E-state index contributed by atoms with van der Waals surface area (Å²) in [5.74, 6) is 0.939. The molecule has 0 spiro atoms. The van der Waals surface area contributed by atoms with Gasteiger partial charge in [0.2, 0.25) is 0 Å². The summed E-state index contributed by atoms with van der Waals surface area (Å²) >= 11 is 1.80. The Bertz CT molecular complexity index is 510. The molecule has 102 valence electrons. The monoisotopic (exact) mass is 277 g/mol. The van der Waals surface area contributed by atoms with Gasteiger partial charge in [0.15, 0.2) is 0 Å². The summed E-state index contributed by atoms with van der Waals surface area (Å²) in [6.07, 6.45) is 1.99. The first-order chi connectivity index (χ1) is 9.19. The zero-order valence-corrected chi connectivity index (χ0v) is 12.1. The van der Waals surface area contributed by atoms with Gasteiger partial charge in [0.1, 0.15) is 5.69 Å². The van der Waals surface area contributed by atoms with E-state index in [2.05, 4.69) is 41.5 Å². The van der Waals surface area contributed by atoms with E-state index in [1.807, 2.05) is 13.1 Å². The summed E-state index contributed by atoms with van der Waals surface area (Å²) in [7, 11) is 0. The molecule has 1 N–H and O–H groups in total. The maximum Gasteiger partial charge on any atom is 0.111 e. The summed E-state index contributed by atoms with van der Waals surface area (Å²) in [6.45, 7) is 4.81. The van der Waals surface area contributed by atoms with E-state index in [0.717, 1.165) is 12.3 Å². The average molecular weight is 277 g/mol. The fourth-order valence-corrected chi connectivity index (χ4v) is 2.52. The molecule has 5 heteroatoms. The van der Waals surface area contributed by atoms with Gasteiger partial charge in [0.25, 0.3) is 0 Å². The Kier molecular flexibility index (Phi) is 4.99. The van der Waals surface area contributed by atoms with Crippen LogP contribution in [0, 0.1) is 6.92 Å². The van der Waals surface area contributed by atoms with Crippen molar-refractivity contribution in [3.63, 3.8) is 0 Å². The summed E-state index contributed by atoms with van der Waals surface area (Å²) < 4.78 is 1.79. The molecule has 2 rings (SSSR count). The highest BCUT2D eigenvalue weighted by Gasteiger charge is 2.09. The normalized spacial score (nSPS) is 12.6. The molecule has 0 amide bonds. The standard InChI is InChI=1S/C14H19N3OS/c1-3-14(18)13-10-17(16-15-13)8-9-19-12-6-4-11(2)5-7-12/h4-7,10,14,18H,3,8-9H2,1-2H3. The Morgan fingerprint density at radius 1 is 1.32 bits per heavy atom. The average Bonchev–Trinajstić information content (AvgIpc) is 2.89. The summed E-state index contributed by atoms with van der Waals surface area (Å²) in [5, 5.41) is 17.7. The van der Waals surface area contributed by atoms with Crippen LogP contribution in [-0.2, 0) is 6.54 Å². The van der Waals surface area contributed by atoms with E-state index in [1.54, 1.807) is 16.4 Å².